The van der Waals surface area contributed by atoms with Gasteiger partial charge in [-0.05, 0) is 37.1 Å². The minimum absolute atomic E-state index is 0.0763. The van der Waals surface area contributed by atoms with Gasteiger partial charge in [-0.25, -0.2) is 0 Å². The predicted molar refractivity (Wildman–Crippen MR) is 108 cm³/mol. The second kappa shape index (κ2) is 9.52. The molecule has 1 saturated heterocycles. The van der Waals surface area contributed by atoms with Gasteiger partial charge in [0, 0.05) is 18.7 Å². The van der Waals surface area contributed by atoms with Gasteiger partial charge in [0.2, 0.25) is 5.91 Å². The molecule has 1 fully saturated rings. The third-order valence-corrected chi connectivity index (χ3v) is 4.40. The normalized spacial score (nSPS) is 15.2. The number of anilines is 2. The highest BCUT2D eigenvalue weighted by molar-refractivity contribution is 6.44. The number of likely N-dealkylation sites (tertiary alicyclic amines) is 1. The van der Waals surface area contributed by atoms with Crippen LogP contribution in [-0.2, 0) is 9.59 Å². The molecule has 0 unspecified atom stereocenters. The van der Waals surface area contributed by atoms with E-state index in [-0.39, 0.29) is 24.1 Å². The molecule has 27 heavy (non-hydrogen) atoms. The molecule has 1 aliphatic rings. The fraction of sp³-hybridized carbons (Fsp3) is 0.286. The standard InChI is InChI=1S/C21H24N4O2/c26-20-14-8-3-9-15-25(20)16-19(24-23-18-12-6-2-7-13-18)21(27)22-17-10-4-1-5-11-17/h1-2,4-7,10-13,23H,3,8-9,14-16H2,(H,22,27)/b24-19-. The Hall–Kier alpha value is -3.15. The predicted octanol–water partition coefficient (Wildman–Crippen LogP) is 3.50. The van der Waals surface area contributed by atoms with E-state index in [9.17, 15) is 9.59 Å². The summed E-state index contributed by atoms with van der Waals surface area (Å²) in [7, 11) is 0. The van der Waals surface area contributed by atoms with Crippen LogP contribution in [0.5, 0.6) is 0 Å². The van der Waals surface area contributed by atoms with E-state index in [4.69, 9.17) is 0 Å². The third-order valence-electron chi connectivity index (χ3n) is 4.40. The maximum Gasteiger partial charge on any atom is 0.273 e. The van der Waals surface area contributed by atoms with Crippen LogP contribution in [0.2, 0.25) is 0 Å². The molecule has 1 heterocycles. The summed E-state index contributed by atoms with van der Waals surface area (Å²) in [4.78, 5) is 26.8. The zero-order valence-electron chi connectivity index (χ0n) is 15.2. The van der Waals surface area contributed by atoms with Crippen LogP contribution in [0.15, 0.2) is 65.8 Å². The quantitative estimate of drug-likeness (QED) is 0.609. The number of hydrogen-bond donors (Lipinski definition) is 2. The van der Waals surface area contributed by atoms with Crippen molar-refractivity contribution in [2.24, 2.45) is 5.10 Å². The molecule has 0 aromatic heterocycles. The fourth-order valence-corrected chi connectivity index (χ4v) is 2.91. The molecule has 2 N–H and O–H groups in total. The Bertz CT molecular complexity index is 790. The Morgan fingerprint density at radius 1 is 0.926 bits per heavy atom. The molecule has 140 valence electrons. The van der Waals surface area contributed by atoms with Gasteiger partial charge in [-0.3, -0.25) is 15.0 Å². The summed E-state index contributed by atoms with van der Waals surface area (Å²) in [5.74, 6) is -0.242. The molecule has 2 aromatic carbocycles. The van der Waals surface area contributed by atoms with Gasteiger partial charge in [-0.15, -0.1) is 0 Å². The molecule has 0 spiro atoms. The number of hydrazone groups is 1. The molecular weight excluding hydrogens is 340 g/mol. The molecule has 3 rings (SSSR count). The highest BCUT2D eigenvalue weighted by Gasteiger charge is 2.22. The fourth-order valence-electron chi connectivity index (χ4n) is 2.91. The summed E-state index contributed by atoms with van der Waals surface area (Å²) in [5.41, 5.74) is 4.67. The van der Waals surface area contributed by atoms with Crippen molar-refractivity contribution in [3.63, 3.8) is 0 Å². The second-order valence-corrected chi connectivity index (χ2v) is 6.48. The Morgan fingerprint density at radius 2 is 1.59 bits per heavy atom. The summed E-state index contributed by atoms with van der Waals surface area (Å²) in [6.07, 6.45) is 3.42. The first-order valence-electron chi connectivity index (χ1n) is 9.24. The van der Waals surface area contributed by atoms with Gasteiger partial charge in [0.25, 0.3) is 5.91 Å². The molecule has 6 nitrogen and oxygen atoms in total. The summed E-state index contributed by atoms with van der Waals surface area (Å²) < 4.78 is 0. The molecular formula is C21H24N4O2. The van der Waals surface area contributed by atoms with Gasteiger partial charge < -0.3 is 10.2 Å². The lowest BCUT2D eigenvalue weighted by Crippen LogP contribution is -2.40. The zero-order chi connectivity index (χ0) is 18.9. The average molecular weight is 364 g/mol. The highest BCUT2D eigenvalue weighted by Crippen LogP contribution is 2.12. The molecule has 2 aromatic rings. The first kappa shape index (κ1) is 18.6. The van der Waals surface area contributed by atoms with Crippen LogP contribution >= 0.6 is 0 Å². The minimum atomic E-state index is -0.318. The first-order chi connectivity index (χ1) is 13.2. The number of rotatable bonds is 6. The van der Waals surface area contributed by atoms with Crippen molar-refractivity contribution in [1.82, 2.24) is 4.90 Å². The van der Waals surface area contributed by atoms with Crippen molar-refractivity contribution in [2.45, 2.75) is 25.7 Å². The molecule has 6 heteroatoms. The van der Waals surface area contributed by atoms with E-state index in [1.807, 2.05) is 60.7 Å². The topological polar surface area (TPSA) is 73.8 Å². The van der Waals surface area contributed by atoms with E-state index in [1.54, 1.807) is 4.90 Å². The largest absolute Gasteiger partial charge is 0.337 e. The van der Waals surface area contributed by atoms with Crippen LogP contribution in [-0.4, -0.2) is 35.5 Å². The monoisotopic (exact) mass is 364 g/mol. The number of hydrogen-bond acceptors (Lipinski definition) is 4. The molecule has 2 amide bonds. The lowest BCUT2D eigenvalue weighted by molar-refractivity contribution is -0.129. The first-order valence-corrected chi connectivity index (χ1v) is 9.24. The third kappa shape index (κ3) is 5.67. The maximum atomic E-state index is 12.8. The van der Waals surface area contributed by atoms with E-state index in [2.05, 4.69) is 15.8 Å². The lowest BCUT2D eigenvalue weighted by Gasteiger charge is -2.21. The van der Waals surface area contributed by atoms with Crippen molar-refractivity contribution < 1.29 is 9.59 Å². The highest BCUT2D eigenvalue weighted by atomic mass is 16.2. The summed E-state index contributed by atoms with van der Waals surface area (Å²) in [6, 6.07) is 18.7. The van der Waals surface area contributed by atoms with Crippen molar-refractivity contribution in [1.29, 1.82) is 0 Å². The molecule has 0 saturated carbocycles. The zero-order valence-corrected chi connectivity index (χ0v) is 15.2. The van der Waals surface area contributed by atoms with E-state index in [0.717, 1.165) is 24.9 Å². The number of carbonyl (C=O) groups excluding carboxylic acids is 2. The van der Waals surface area contributed by atoms with Gasteiger partial charge in [-0.1, -0.05) is 42.8 Å². The Morgan fingerprint density at radius 3 is 2.30 bits per heavy atom. The average Bonchev–Trinajstić information content (AvgIpc) is 2.90. The van der Waals surface area contributed by atoms with Crippen LogP contribution < -0.4 is 10.7 Å². The number of carbonyl (C=O) groups is 2. The van der Waals surface area contributed by atoms with Gasteiger partial charge in [0.1, 0.15) is 5.71 Å². The molecule has 1 aliphatic heterocycles. The minimum Gasteiger partial charge on any atom is -0.337 e. The number of nitrogens with zero attached hydrogens (tertiary/aromatic N) is 2. The van der Waals surface area contributed by atoms with E-state index >= 15 is 0 Å². The SMILES string of the molecule is O=C(Nc1ccccc1)/C(CN1CCCCCC1=O)=N\Nc1ccccc1. The van der Waals surface area contributed by atoms with Crippen LogP contribution in [0.3, 0.4) is 0 Å². The van der Waals surface area contributed by atoms with E-state index in [1.165, 1.54) is 0 Å². The second-order valence-electron chi connectivity index (χ2n) is 6.48. The number of benzene rings is 2. The van der Waals surface area contributed by atoms with E-state index < -0.39 is 0 Å². The number of nitrogens with one attached hydrogen (secondary N) is 2. The summed E-state index contributed by atoms with van der Waals surface area (Å²) >= 11 is 0. The van der Waals surface area contributed by atoms with Crippen LogP contribution in [0.1, 0.15) is 25.7 Å². The molecule has 0 aliphatic carbocycles. The van der Waals surface area contributed by atoms with E-state index in [0.29, 0.717) is 18.7 Å². The van der Waals surface area contributed by atoms with Crippen molar-refractivity contribution in [2.75, 3.05) is 23.8 Å². The molecule has 0 atom stereocenters. The van der Waals surface area contributed by atoms with Gasteiger partial charge in [-0.2, -0.15) is 5.10 Å². The summed E-state index contributed by atoms with van der Waals surface area (Å²) in [5, 5.41) is 7.16. The molecule has 0 bridgehead atoms. The summed E-state index contributed by atoms with van der Waals surface area (Å²) in [6.45, 7) is 0.846. The van der Waals surface area contributed by atoms with Crippen LogP contribution in [0, 0.1) is 0 Å². The van der Waals surface area contributed by atoms with Gasteiger partial charge >= 0.3 is 0 Å². The Balaban J connectivity index is 1.76. The van der Waals surface area contributed by atoms with Crippen LogP contribution in [0.25, 0.3) is 0 Å². The maximum absolute atomic E-state index is 12.8. The van der Waals surface area contributed by atoms with Gasteiger partial charge in [0.05, 0.1) is 12.2 Å². The van der Waals surface area contributed by atoms with Crippen molar-refractivity contribution >= 4 is 28.9 Å². The van der Waals surface area contributed by atoms with Crippen molar-refractivity contribution in [3.05, 3.63) is 60.7 Å². The Kier molecular flexibility index (Phi) is 6.57. The number of amides is 2. The smallest absolute Gasteiger partial charge is 0.273 e. The van der Waals surface area contributed by atoms with Crippen molar-refractivity contribution in [3.8, 4) is 0 Å². The van der Waals surface area contributed by atoms with Crippen LogP contribution in [0.4, 0.5) is 11.4 Å². The molecule has 0 radical (unpaired) electrons. The lowest BCUT2D eigenvalue weighted by atomic mass is 10.2. The Labute approximate surface area is 159 Å². The number of para-hydroxylation sites is 2. The van der Waals surface area contributed by atoms with Gasteiger partial charge in [0.15, 0.2) is 0 Å².